The van der Waals surface area contributed by atoms with E-state index < -0.39 is 0 Å². The highest BCUT2D eigenvalue weighted by Crippen LogP contribution is 2.06. The summed E-state index contributed by atoms with van der Waals surface area (Å²) >= 11 is 0. The Balaban J connectivity index is 1.72. The van der Waals surface area contributed by atoms with Gasteiger partial charge in [0.25, 0.3) is 5.91 Å². The third kappa shape index (κ3) is 5.77. The Morgan fingerprint density at radius 2 is 1.64 bits per heavy atom. The minimum atomic E-state index is -0.335. The van der Waals surface area contributed by atoms with Crippen molar-refractivity contribution < 1.29 is 19.1 Å². The van der Waals surface area contributed by atoms with E-state index in [0.717, 1.165) is 0 Å². The molecule has 1 N–H and O–H groups in total. The molecule has 0 spiro atoms. The Hall–Kier alpha value is -2.57. The summed E-state index contributed by atoms with van der Waals surface area (Å²) in [4.78, 5) is 39.3. The van der Waals surface area contributed by atoms with Crippen molar-refractivity contribution >= 4 is 17.9 Å². The molecule has 3 amide bonds. The van der Waals surface area contributed by atoms with Crippen molar-refractivity contribution in [3.8, 4) is 0 Å². The summed E-state index contributed by atoms with van der Waals surface area (Å²) in [5.41, 5.74) is 0.521. The van der Waals surface area contributed by atoms with Crippen molar-refractivity contribution in [1.29, 1.82) is 0 Å². The van der Waals surface area contributed by atoms with Crippen LogP contribution in [0.2, 0.25) is 0 Å². The summed E-state index contributed by atoms with van der Waals surface area (Å²) in [6.45, 7) is 6.06. The second kappa shape index (κ2) is 9.05. The van der Waals surface area contributed by atoms with E-state index in [9.17, 15) is 14.4 Å². The van der Waals surface area contributed by atoms with Gasteiger partial charge in [-0.2, -0.15) is 0 Å². The number of amides is 3. The van der Waals surface area contributed by atoms with E-state index in [-0.39, 0.29) is 24.5 Å². The highest BCUT2D eigenvalue weighted by molar-refractivity contribution is 5.96. The van der Waals surface area contributed by atoms with Crippen LogP contribution in [0.1, 0.15) is 24.2 Å². The lowest BCUT2D eigenvalue weighted by molar-refractivity contribution is -0.131. The maximum Gasteiger partial charge on any atom is 0.409 e. The lowest BCUT2D eigenvalue weighted by atomic mass is 10.2. The van der Waals surface area contributed by atoms with Crippen LogP contribution in [0.25, 0.3) is 0 Å². The van der Waals surface area contributed by atoms with Crippen molar-refractivity contribution in [2.24, 2.45) is 5.92 Å². The van der Waals surface area contributed by atoms with Crippen molar-refractivity contribution in [3.63, 3.8) is 0 Å². The fourth-order valence-corrected chi connectivity index (χ4v) is 2.43. The zero-order chi connectivity index (χ0) is 18.2. The molecule has 0 aromatic heterocycles. The van der Waals surface area contributed by atoms with E-state index in [1.807, 2.05) is 19.9 Å². The summed E-state index contributed by atoms with van der Waals surface area (Å²) in [7, 11) is 0. The van der Waals surface area contributed by atoms with Crippen LogP contribution >= 0.6 is 0 Å². The first kappa shape index (κ1) is 18.8. The molecule has 1 aliphatic rings. The number of rotatable bonds is 5. The number of ether oxygens (including phenoxy) is 1. The van der Waals surface area contributed by atoms with Gasteiger partial charge in [-0.15, -0.1) is 0 Å². The van der Waals surface area contributed by atoms with Gasteiger partial charge in [-0.3, -0.25) is 9.59 Å². The molecule has 25 heavy (non-hydrogen) atoms. The maximum atomic E-state index is 12.2. The smallest absolute Gasteiger partial charge is 0.409 e. The molecule has 1 aliphatic heterocycles. The highest BCUT2D eigenvalue weighted by atomic mass is 16.6. The molecule has 0 saturated carbocycles. The van der Waals surface area contributed by atoms with Crippen LogP contribution in [-0.2, 0) is 9.53 Å². The number of nitrogens with zero attached hydrogens (tertiary/aromatic N) is 2. The van der Waals surface area contributed by atoms with E-state index in [1.54, 1.807) is 34.1 Å². The first-order valence-electron chi connectivity index (χ1n) is 8.50. The van der Waals surface area contributed by atoms with Crippen molar-refractivity contribution in [3.05, 3.63) is 35.9 Å². The molecular weight excluding hydrogens is 322 g/mol. The van der Waals surface area contributed by atoms with Crippen LogP contribution in [0, 0.1) is 5.92 Å². The van der Waals surface area contributed by atoms with Crippen LogP contribution in [-0.4, -0.2) is 67.0 Å². The molecular formula is C18H25N3O4. The predicted octanol–water partition coefficient (Wildman–Crippen LogP) is 1.35. The van der Waals surface area contributed by atoms with Gasteiger partial charge in [0.05, 0.1) is 13.2 Å². The molecule has 0 unspecified atom stereocenters. The molecule has 1 aromatic rings. The molecule has 7 heteroatoms. The number of carbonyl (C=O) groups excluding carboxylic acids is 3. The predicted molar refractivity (Wildman–Crippen MR) is 93.1 cm³/mol. The van der Waals surface area contributed by atoms with Crippen LogP contribution in [0.5, 0.6) is 0 Å². The summed E-state index contributed by atoms with van der Waals surface area (Å²) < 4.78 is 5.19. The van der Waals surface area contributed by atoms with Crippen LogP contribution in [0.15, 0.2) is 30.3 Å². The highest BCUT2D eigenvalue weighted by Gasteiger charge is 2.25. The van der Waals surface area contributed by atoms with Crippen molar-refractivity contribution in [2.45, 2.75) is 13.8 Å². The Morgan fingerprint density at radius 3 is 2.24 bits per heavy atom. The van der Waals surface area contributed by atoms with Gasteiger partial charge in [0.1, 0.15) is 0 Å². The lowest BCUT2D eigenvalue weighted by Crippen LogP contribution is -2.52. The fraction of sp³-hybridized carbons (Fsp3) is 0.500. The molecule has 1 fully saturated rings. The van der Waals surface area contributed by atoms with Crippen molar-refractivity contribution in [1.82, 2.24) is 15.1 Å². The Kier molecular flexibility index (Phi) is 6.80. The third-order valence-corrected chi connectivity index (χ3v) is 3.87. The maximum absolute atomic E-state index is 12.2. The summed E-state index contributed by atoms with van der Waals surface area (Å²) in [6, 6.07) is 8.76. The molecule has 7 nitrogen and oxygen atoms in total. The number of carbonyl (C=O) groups is 3. The molecule has 1 aromatic carbocycles. The van der Waals surface area contributed by atoms with E-state index >= 15 is 0 Å². The van der Waals surface area contributed by atoms with Crippen LogP contribution in [0.4, 0.5) is 4.79 Å². The molecule has 0 atom stereocenters. The van der Waals surface area contributed by atoms with Gasteiger partial charge in [0.15, 0.2) is 0 Å². The quantitative estimate of drug-likeness (QED) is 0.872. The summed E-state index contributed by atoms with van der Waals surface area (Å²) in [5, 5.41) is 2.63. The van der Waals surface area contributed by atoms with Gasteiger partial charge in [-0.05, 0) is 18.1 Å². The van der Waals surface area contributed by atoms with E-state index in [2.05, 4.69) is 5.32 Å². The Morgan fingerprint density at radius 1 is 1.04 bits per heavy atom. The first-order chi connectivity index (χ1) is 12.0. The van der Waals surface area contributed by atoms with Gasteiger partial charge >= 0.3 is 6.09 Å². The van der Waals surface area contributed by atoms with E-state index in [4.69, 9.17) is 4.74 Å². The van der Waals surface area contributed by atoms with Gasteiger partial charge in [-0.25, -0.2) is 4.79 Å². The first-order valence-corrected chi connectivity index (χ1v) is 8.50. The second-order valence-corrected chi connectivity index (χ2v) is 6.39. The normalized spacial score (nSPS) is 14.4. The standard InChI is InChI=1S/C18H25N3O4/c1-14(2)13-25-18(24)21-10-8-20(9-11-21)16(22)12-19-17(23)15-6-4-3-5-7-15/h3-7,14H,8-13H2,1-2H3,(H,19,23). The monoisotopic (exact) mass is 347 g/mol. The third-order valence-electron chi connectivity index (χ3n) is 3.87. The molecule has 1 heterocycles. The Bertz CT molecular complexity index is 596. The number of hydrogen-bond donors (Lipinski definition) is 1. The Labute approximate surface area is 147 Å². The second-order valence-electron chi connectivity index (χ2n) is 6.39. The molecule has 0 radical (unpaired) electrons. The average Bonchev–Trinajstić information content (AvgIpc) is 2.64. The van der Waals surface area contributed by atoms with Gasteiger partial charge in [-0.1, -0.05) is 32.0 Å². The van der Waals surface area contributed by atoms with Gasteiger partial charge < -0.3 is 19.9 Å². The summed E-state index contributed by atoms with van der Waals surface area (Å²) in [5.74, 6) is -0.135. The fourth-order valence-electron chi connectivity index (χ4n) is 2.43. The minimum absolute atomic E-state index is 0.0501. The number of benzene rings is 1. The molecule has 136 valence electrons. The lowest BCUT2D eigenvalue weighted by Gasteiger charge is -2.34. The largest absolute Gasteiger partial charge is 0.449 e. The van der Waals surface area contributed by atoms with Crippen LogP contribution < -0.4 is 5.32 Å². The van der Waals surface area contributed by atoms with E-state index in [0.29, 0.717) is 44.3 Å². The van der Waals surface area contributed by atoms with Gasteiger partial charge in [0, 0.05) is 31.7 Å². The topological polar surface area (TPSA) is 79.0 Å². The molecule has 0 aliphatic carbocycles. The van der Waals surface area contributed by atoms with Crippen LogP contribution in [0.3, 0.4) is 0 Å². The van der Waals surface area contributed by atoms with Crippen molar-refractivity contribution in [2.75, 3.05) is 39.3 Å². The SMILES string of the molecule is CC(C)COC(=O)N1CCN(C(=O)CNC(=O)c2ccccc2)CC1. The van der Waals surface area contributed by atoms with Gasteiger partial charge in [0.2, 0.25) is 5.91 Å². The average molecular weight is 347 g/mol. The zero-order valence-corrected chi connectivity index (χ0v) is 14.7. The number of nitrogens with one attached hydrogen (secondary N) is 1. The summed E-state index contributed by atoms with van der Waals surface area (Å²) in [6.07, 6.45) is -0.335. The number of piperazine rings is 1. The minimum Gasteiger partial charge on any atom is -0.449 e. The molecule has 2 rings (SSSR count). The molecule has 1 saturated heterocycles. The zero-order valence-electron chi connectivity index (χ0n) is 14.7. The molecule has 0 bridgehead atoms. The van der Waals surface area contributed by atoms with E-state index in [1.165, 1.54) is 0 Å². The number of hydrogen-bond acceptors (Lipinski definition) is 4.